The third-order valence-corrected chi connectivity index (χ3v) is 7.24. The van der Waals surface area contributed by atoms with Crippen molar-refractivity contribution in [3.8, 4) is 17.2 Å². The van der Waals surface area contributed by atoms with Gasteiger partial charge in [0.1, 0.15) is 10.6 Å². The van der Waals surface area contributed by atoms with Crippen LogP contribution in [0.15, 0.2) is 41.3 Å². The normalized spacial score (nSPS) is 16.9. The van der Waals surface area contributed by atoms with Crippen molar-refractivity contribution in [1.29, 1.82) is 0 Å². The fraction of sp³-hybridized carbons (Fsp3) is 0.381. The van der Waals surface area contributed by atoms with Gasteiger partial charge in [-0.3, -0.25) is 9.69 Å². The Labute approximate surface area is 181 Å². The van der Waals surface area contributed by atoms with Crippen LogP contribution in [0.2, 0.25) is 0 Å². The molecule has 1 amide bonds. The summed E-state index contributed by atoms with van der Waals surface area (Å²) in [4.78, 5) is 13.7. The van der Waals surface area contributed by atoms with Crippen LogP contribution in [0.25, 0.3) is 0 Å². The van der Waals surface area contributed by atoms with Crippen molar-refractivity contribution >= 4 is 15.9 Å². The lowest BCUT2D eigenvalue weighted by molar-refractivity contribution is 0.1000. The predicted molar refractivity (Wildman–Crippen MR) is 113 cm³/mol. The second kappa shape index (κ2) is 8.74. The van der Waals surface area contributed by atoms with E-state index < -0.39 is 15.9 Å². The van der Waals surface area contributed by atoms with Crippen LogP contribution in [0.3, 0.4) is 0 Å². The van der Waals surface area contributed by atoms with Crippen LogP contribution in [0.5, 0.6) is 17.2 Å². The fourth-order valence-corrected chi connectivity index (χ4v) is 5.28. The highest BCUT2D eigenvalue weighted by molar-refractivity contribution is 7.89. The van der Waals surface area contributed by atoms with Gasteiger partial charge in [0.2, 0.25) is 22.7 Å². The number of piperazine rings is 1. The van der Waals surface area contributed by atoms with Gasteiger partial charge < -0.3 is 19.9 Å². The summed E-state index contributed by atoms with van der Waals surface area (Å²) in [6.45, 7) is 4.82. The van der Waals surface area contributed by atoms with E-state index in [0.717, 1.165) is 17.1 Å². The van der Waals surface area contributed by atoms with E-state index in [1.165, 1.54) is 22.5 Å². The highest BCUT2D eigenvalue weighted by Gasteiger charge is 2.31. The van der Waals surface area contributed by atoms with E-state index in [-0.39, 0.29) is 23.0 Å². The third kappa shape index (κ3) is 4.46. The molecule has 0 spiro atoms. The van der Waals surface area contributed by atoms with Crippen molar-refractivity contribution in [3.63, 3.8) is 0 Å². The number of nitrogens with zero attached hydrogens (tertiary/aromatic N) is 2. The molecule has 0 aromatic heterocycles. The zero-order valence-electron chi connectivity index (χ0n) is 17.2. The summed E-state index contributed by atoms with van der Waals surface area (Å²) in [5, 5.41) is 0. The lowest BCUT2D eigenvalue weighted by Crippen LogP contribution is -2.48. The Balaban J connectivity index is 1.46. The van der Waals surface area contributed by atoms with Crippen LogP contribution in [0.4, 0.5) is 0 Å². The van der Waals surface area contributed by atoms with Gasteiger partial charge in [-0.1, -0.05) is 6.07 Å². The average Bonchev–Trinajstić information content (AvgIpc) is 3.22. The van der Waals surface area contributed by atoms with Crippen molar-refractivity contribution in [1.82, 2.24) is 9.21 Å². The van der Waals surface area contributed by atoms with E-state index in [4.69, 9.17) is 19.9 Å². The molecule has 0 saturated carbocycles. The Hall–Kier alpha value is -2.82. The third-order valence-electron chi connectivity index (χ3n) is 5.32. The van der Waals surface area contributed by atoms with E-state index in [1.54, 1.807) is 6.92 Å². The molecule has 2 aromatic rings. The molecule has 0 atom stereocenters. The monoisotopic (exact) mass is 447 g/mol. The minimum absolute atomic E-state index is 0.0325. The predicted octanol–water partition coefficient (Wildman–Crippen LogP) is 1.42. The molecule has 9 nitrogen and oxygen atoms in total. The molecule has 31 heavy (non-hydrogen) atoms. The summed E-state index contributed by atoms with van der Waals surface area (Å²) < 4.78 is 44.3. The Kier molecular flexibility index (Phi) is 6.03. The van der Waals surface area contributed by atoms with E-state index >= 15 is 0 Å². The first-order valence-corrected chi connectivity index (χ1v) is 11.5. The number of carbonyl (C=O) groups excluding carboxylic acids is 1. The van der Waals surface area contributed by atoms with Gasteiger partial charge in [0, 0.05) is 38.3 Å². The fourth-order valence-electron chi connectivity index (χ4n) is 3.70. The topological polar surface area (TPSA) is 111 Å². The van der Waals surface area contributed by atoms with Crippen LogP contribution in [-0.4, -0.2) is 63.1 Å². The average molecular weight is 448 g/mol. The molecule has 1 fully saturated rings. The van der Waals surface area contributed by atoms with E-state index in [0.29, 0.717) is 39.3 Å². The number of rotatable bonds is 7. The Morgan fingerprint density at radius 1 is 1.06 bits per heavy atom. The van der Waals surface area contributed by atoms with E-state index in [2.05, 4.69) is 4.90 Å². The molecule has 4 rings (SSSR count). The van der Waals surface area contributed by atoms with Gasteiger partial charge >= 0.3 is 0 Å². The second-order valence-electron chi connectivity index (χ2n) is 7.33. The summed E-state index contributed by atoms with van der Waals surface area (Å²) in [5.74, 6) is 1.00. The summed E-state index contributed by atoms with van der Waals surface area (Å²) in [6, 6.07) is 10.1. The van der Waals surface area contributed by atoms with Gasteiger partial charge in [0.25, 0.3) is 0 Å². The molecule has 1 saturated heterocycles. The zero-order chi connectivity index (χ0) is 22.0. The SMILES string of the molecule is CCOc1ccc(C(N)=O)cc1S(=O)(=O)N1CCN(Cc2ccc3c(c2)OCO3)CC1. The largest absolute Gasteiger partial charge is 0.492 e. The summed E-state index contributed by atoms with van der Waals surface area (Å²) >= 11 is 0. The van der Waals surface area contributed by atoms with Gasteiger partial charge in [-0.2, -0.15) is 4.31 Å². The molecule has 2 aliphatic rings. The summed E-state index contributed by atoms with van der Waals surface area (Å²) in [7, 11) is -3.84. The molecule has 2 heterocycles. The molecular weight excluding hydrogens is 422 g/mol. The van der Waals surface area contributed by atoms with Crippen LogP contribution >= 0.6 is 0 Å². The Morgan fingerprint density at radius 3 is 2.52 bits per heavy atom. The number of carbonyl (C=O) groups is 1. The second-order valence-corrected chi connectivity index (χ2v) is 9.23. The van der Waals surface area contributed by atoms with Crippen molar-refractivity contribution in [2.45, 2.75) is 18.4 Å². The molecule has 166 valence electrons. The van der Waals surface area contributed by atoms with Crippen molar-refractivity contribution in [2.24, 2.45) is 5.73 Å². The first-order chi connectivity index (χ1) is 14.9. The van der Waals surface area contributed by atoms with E-state index in [1.807, 2.05) is 18.2 Å². The van der Waals surface area contributed by atoms with Gasteiger partial charge in [0.15, 0.2) is 11.5 Å². The smallest absolute Gasteiger partial charge is 0.248 e. The van der Waals surface area contributed by atoms with Gasteiger partial charge in [0.05, 0.1) is 6.61 Å². The molecule has 0 aliphatic carbocycles. The lowest BCUT2D eigenvalue weighted by atomic mass is 10.2. The van der Waals surface area contributed by atoms with Crippen molar-refractivity contribution in [2.75, 3.05) is 39.6 Å². The number of amides is 1. The standard InChI is InChI=1S/C21H25N3O6S/c1-2-28-18-6-4-16(21(22)25)12-20(18)31(26,27)24-9-7-23(8-10-24)13-15-3-5-17-19(11-15)30-14-29-17/h3-6,11-12H,2,7-10,13-14H2,1H3,(H2,22,25). The maximum atomic E-state index is 13.3. The Morgan fingerprint density at radius 2 is 1.81 bits per heavy atom. The van der Waals surface area contributed by atoms with Crippen LogP contribution in [-0.2, 0) is 16.6 Å². The van der Waals surface area contributed by atoms with E-state index in [9.17, 15) is 13.2 Å². The number of nitrogens with two attached hydrogens (primary N) is 1. The quantitative estimate of drug-likeness (QED) is 0.683. The maximum absolute atomic E-state index is 13.3. The molecule has 0 bridgehead atoms. The lowest BCUT2D eigenvalue weighted by Gasteiger charge is -2.34. The summed E-state index contributed by atoms with van der Waals surface area (Å²) in [5.41, 5.74) is 6.55. The number of hydrogen-bond acceptors (Lipinski definition) is 7. The zero-order valence-corrected chi connectivity index (χ0v) is 18.1. The minimum atomic E-state index is -3.84. The van der Waals surface area contributed by atoms with Gasteiger partial charge in [-0.05, 0) is 42.8 Å². The van der Waals surface area contributed by atoms with Crippen LogP contribution < -0.4 is 19.9 Å². The number of fused-ring (bicyclic) bond motifs is 1. The van der Waals surface area contributed by atoms with Gasteiger partial charge in [-0.25, -0.2) is 8.42 Å². The number of primary amides is 1. The molecule has 2 N–H and O–H groups in total. The number of ether oxygens (including phenoxy) is 3. The van der Waals surface area contributed by atoms with Crippen LogP contribution in [0.1, 0.15) is 22.8 Å². The molecule has 0 unspecified atom stereocenters. The highest BCUT2D eigenvalue weighted by Crippen LogP contribution is 2.33. The van der Waals surface area contributed by atoms with Crippen LogP contribution in [0, 0.1) is 0 Å². The first-order valence-electron chi connectivity index (χ1n) is 10.1. The molecular formula is C21H25N3O6S. The van der Waals surface area contributed by atoms with Crippen molar-refractivity contribution < 1.29 is 27.4 Å². The first kappa shape index (κ1) is 21.4. The van der Waals surface area contributed by atoms with Gasteiger partial charge in [-0.15, -0.1) is 0 Å². The number of benzene rings is 2. The molecule has 2 aliphatic heterocycles. The number of sulfonamides is 1. The summed E-state index contributed by atoms with van der Waals surface area (Å²) in [6.07, 6.45) is 0. The molecule has 0 radical (unpaired) electrons. The minimum Gasteiger partial charge on any atom is -0.492 e. The maximum Gasteiger partial charge on any atom is 0.248 e. The Bertz CT molecular complexity index is 1080. The molecule has 2 aromatic carbocycles. The molecule has 10 heteroatoms. The number of hydrogen-bond donors (Lipinski definition) is 1. The highest BCUT2D eigenvalue weighted by atomic mass is 32.2. The van der Waals surface area contributed by atoms with Crippen molar-refractivity contribution in [3.05, 3.63) is 47.5 Å².